The number of rotatable bonds is 1. The van der Waals surface area contributed by atoms with Gasteiger partial charge in [0.25, 0.3) is 0 Å². The molecule has 0 unspecified atom stereocenters. The van der Waals surface area contributed by atoms with Crippen molar-refractivity contribution < 1.29 is 15.5 Å². The zero-order chi connectivity index (χ0) is 12.7. The van der Waals surface area contributed by atoms with Gasteiger partial charge in [-0.3, -0.25) is 0 Å². The van der Waals surface area contributed by atoms with E-state index in [1.807, 2.05) is 0 Å². The summed E-state index contributed by atoms with van der Waals surface area (Å²) in [7, 11) is 0. The van der Waals surface area contributed by atoms with E-state index in [1.54, 1.807) is 24.3 Å². The lowest BCUT2D eigenvalue weighted by molar-refractivity contribution is -0.211. The standard InChI is InChI=1S/C13H18N2O3/c16-10-7-5-9(6-8-10)13-14(17)11-3-1-2-4-12(11)15(13)18/h5-8,11-13,16-18H,1-4H2/t11-,12-/m1/s1. The number of nitrogens with zero attached hydrogens (tertiary/aromatic N) is 2. The van der Waals surface area contributed by atoms with Gasteiger partial charge in [-0.2, -0.15) is 10.1 Å². The first kappa shape index (κ1) is 11.9. The van der Waals surface area contributed by atoms with Crippen molar-refractivity contribution in [3.63, 3.8) is 0 Å². The third-order valence-electron chi connectivity index (χ3n) is 4.07. The first-order valence-corrected chi connectivity index (χ1v) is 6.42. The van der Waals surface area contributed by atoms with E-state index in [-0.39, 0.29) is 17.8 Å². The van der Waals surface area contributed by atoms with Crippen molar-refractivity contribution in [3.8, 4) is 5.75 Å². The van der Waals surface area contributed by atoms with Crippen molar-refractivity contribution in [3.05, 3.63) is 29.8 Å². The van der Waals surface area contributed by atoms with Crippen LogP contribution in [0.15, 0.2) is 24.3 Å². The van der Waals surface area contributed by atoms with Gasteiger partial charge in [0.1, 0.15) is 11.9 Å². The molecule has 1 saturated carbocycles. The van der Waals surface area contributed by atoms with E-state index in [1.165, 1.54) is 10.1 Å². The Morgan fingerprint density at radius 3 is 1.89 bits per heavy atom. The van der Waals surface area contributed by atoms with Gasteiger partial charge in [0.15, 0.2) is 0 Å². The summed E-state index contributed by atoms with van der Waals surface area (Å²) in [6, 6.07) is 6.59. The molecule has 2 atom stereocenters. The maximum absolute atomic E-state index is 10.2. The summed E-state index contributed by atoms with van der Waals surface area (Å²) in [6.07, 6.45) is 3.47. The Hall–Kier alpha value is -1.14. The lowest BCUT2D eigenvalue weighted by Crippen LogP contribution is -2.37. The molecule has 1 heterocycles. The zero-order valence-electron chi connectivity index (χ0n) is 10.1. The molecule has 5 heteroatoms. The largest absolute Gasteiger partial charge is 0.508 e. The van der Waals surface area contributed by atoms with E-state index in [2.05, 4.69) is 0 Å². The summed E-state index contributed by atoms with van der Waals surface area (Å²) in [5.74, 6) is 0.183. The molecule has 1 aromatic rings. The minimum Gasteiger partial charge on any atom is -0.508 e. The summed E-state index contributed by atoms with van der Waals surface area (Å²) in [6.45, 7) is 0. The van der Waals surface area contributed by atoms with Gasteiger partial charge in [-0.05, 0) is 30.5 Å². The third-order valence-corrected chi connectivity index (χ3v) is 4.07. The minimum absolute atomic E-state index is 0.00236. The van der Waals surface area contributed by atoms with Crippen molar-refractivity contribution in [2.45, 2.75) is 43.9 Å². The number of phenols is 1. The Bertz CT molecular complexity index is 405. The molecule has 0 aromatic heterocycles. The first-order chi connectivity index (χ1) is 8.68. The van der Waals surface area contributed by atoms with Crippen LogP contribution in [0.5, 0.6) is 5.75 Å². The minimum atomic E-state index is -0.529. The van der Waals surface area contributed by atoms with Gasteiger partial charge in [-0.1, -0.05) is 25.0 Å². The molecule has 3 rings (SSSR count). The maximum Gasteiger partial charge on any atom is 0.136 e. The summed E-state index contributed by atoms with van der Waals surface area (Å²) >= 11 is 0. The topological polar surface area (TPSA) is 67.2 Å². The fraction of sp³-hybridized carbons (Fsp3) is 0.538. The Morgan fingerprint density at radius 2 is 1.39 bits per heavy atom. The SMILES string of the molecule is Oc1ccc(C2N(O)[C@@H]3CCCC[C@H]3N2O)cc1. The molecular formula is C13H18N2O3. The highest BCUT2D eigenvalue weighted by molar-refractivity contribution is 5.28. The molecule has 18 heavy (non-hydrogen) atoms. The van der Waals surface area contributed by atoms with Gasteiger partial charge in [0.05, 0.1) is 12.1 Å². The predicted molar refractivity (Wildman–Crippen MR) is 64.1 cm³/mol. The Kier molecular flexibility index (Phi) is 2.99. The number of hydrogen-bond donors (Lipinski definition) is 3. The van der Waals surface area contributed by atoms with E-state index in [4.69, 9.17) is 0 Å². The molecule has 1 aromatic carbocycles. The number of phenolic OH excluding ortho intramolecular Hbond substituents is 1. The smallest absolute Gasteiger partial charge is 0.136 e. The molecule has 0 bridgehead atoms. The monoisotopic (exact) mass is 250 g/mol. The average Bonchev–Trinajstić information content (AvgIpc) is 2.64. The zero-order valence-corrected chi connectivity index (χ0v) is 10.1. The van der Waals surface area contributed by atoms with Crippen LogP contribution in [0.4, 0.5) is 0 Å². The summed E-state index contributed by atoms with van der Waals surface area (Å²) in [5, 5.41) is 32.3. The maximum atomic E-state index is 10.2. The lowest BCUT2D eigenvalue weighted by atomic mass is 9.91. The van der Waals surface area contributed by atoms with Crippen LogP contribution in [0.3, 0.4) is 0 Å². The second kappa shape index (κ2) is 4.51. The van der Waals surface area contributed by atoms with Crippen molar-refractivity contribution >= 4 is 0 Å². The highest BCUT2D eigenvalue weighted by Gasteiger charge is 2.47. The predicted octanol–water partition coefficient (Wildman–Crippen LogP) is 2.10. The van der Waals surface area contributed by atoms with Gasteiger partial charge >= 0.3 is 0 Å². The highest BCUT2D eigenvalue weighted by atomic mass is 16.6. The van der Waals surface area contributed by atoms with Gasteiger partial charge < -0.3 is 15.5 Å². The van der Waals surface area contributed by atoms with Gasteiger partial charge in [0.2, 0.25) is 0 Å². The Labute approximate surface area is 106 Å². The number of hydrogen-bond acceptors (Lipinski definition) is 5. The van der Waals surface area contributed by atoms with Crippen LogP contribution >= 0.6 is 0 Å². The molecular weight excluding hydrogens is 232 g/mol. The van der Waals surface area contributed by atoms with E-state index in [9.17, 15) is 15.5 Å². The second-order valence-electron chi connectivity index (χ2n) is 5.14. The van der Waals surface area contributed by atoms with Crippen LogP contribution in [0.25, 0.3) is 0 Å². The Morgan fingerprint density at radius 1 is 0.889 bits per heavy atom. The normalized spacial score (nSPS) is 30.6. The molecule has 0 amide bonds. The van der Waals surface area contributed by atoms with Crippen LogP contribution in [0.2, 0.25) is 0 Å². The van der Waals surface area contributed by atoms with Crippen LogP contribution in [-0.4, -0.2) is 37.7 Å². The lowest BCUT2D eigenvalue weighted by Gasteiger charge is -2.27. The molecule has 1 saturated heterocycles. The first-order valence-electron chi connectivity index (χ1n) is 6.42. The fourth-order valence-electron chi connectivity index (χ4n) is 3.14. The van der Waals surface area contributed by atoms with Gasteiger partial charge in [-0.15, -0.1) is 0 Å². The molecule has 1 aliphatic heterocycles. The van der Waals surface area contributed by atoms with Crippen molar-refractivity contribution in [1.82, 2.24) is 10.1 Å². The van der Waals surface area contributed by atoms with Crippen LogP contribution in [0.1, 0.15) is 37.4 Å². The van der Waals surface area contributed by atoms with E-state index in [0.29, 0.717) is 0 Å². The third kappa shape index (κ3) is 1.80. The molecule has 0 spiro atoms. The van der Waals surface area contributed by atoms with Crippen molar-refractivity contribution in [1.29, 1.82) is 0 Å². The second-order valence-corrected chi connectivity index (χ2v) is 5.14. The fourth-order valence-corrected chi connectivity index (χ4v) is 3.14. The molecule has 3 N–H and O–H groups in total. The average molecular weight is 250 g/mol. The van der Waals surface area contributed by atoms with Crippen molar-refractivity contribution in [2.24, 2.45) is 0 Å². The highest BCUT2D eigenvalue weighted by Crippen LogP contribution is 2.41. The van der Waals surface area contributed by atoms with E-state index in [0.717, 1.165) is 31.2 Å². The number of fused-ring (bicyclic) bond motifs is 1. The molecule has 1 aliphatic carbocycles. The molecule has 0 radical (unpaired) electrons. The quantitative estimate of drug-likeness (QED) is 0.712. The van der Waals surface area contributed by atoms with Gasteiger partial charge in [-0.25, -0.2) is 0 Å². The molecule has 2 aliphatic rings. The number of benzene rings is 1. The Balaban J connectivity index is 1.89. The van der Waals surface area contributed by atoms with Crippen LogP contribution < -0.4 is 0 Å². The van der Waals surface area contributed by atoms with Gasteiger partial charge in [0, 0.05) is 0 Å². The van der Waals surface area contributed by atoms with Crippen LogP contribution in [0, 0.1) is 0 Å². The van der Waals surface area contributed by atoms with Crippen molar-refractivity contribution in [2.75, 3.05) is 0 Å². The van der Waals surface area contributed by atoms with Crippen LogP contribution in [-0.2, 0) is 0 Å². The summed E-state index contributed by atoms with van der Waals surface area (Å²) in [5.41, 5.74) is 0.784. The summed E-state index contributed by atoms with van der Waals surface area (Å²) in [4.78, 5) is 0. The molecule has 5 nitrogen and oxygen atoms in total. The molecule has 98 valence electrons. The number of hydroxylamine groups is 4. The number of aromatic hydroxyl groups is 1. The molecule has 2 fully saturated rings. The summed E-state index contributed by atoms with van der Waals surface area (Å²) < 4.78 is 0. The van der Waals surface area contributed by atoms with E-state index >= 15 is 0 Å². The van der Waals surface area contributed by atoms with E-state index < -0.39 is 6.17 Å².